The Bertz CT molecular complexity index is 318. The van der Waals surface area contributed by atoms with Gasteiger partial charge in [0, 0.05) is 25.2 Å². The Kier molecular flexibility index (Phi) is 6.56. The molecule has 1 heterocycles. The van der Waals surface area contributed by atoms with Crippen LogP contribution in [-0.2, 0) is 9.59 Å². The van der Waals surface area contributed by atoms with Crippen LogP contribution in [0.15, 0.2) is 11.6 Å². The van der Waals surface area contributed by atoms with Crippen LogP contribution in [-0.4, -0.2) is 48.0 Å². The highest BCUT2D eigenvalue weighted by Crippen LogP contribution is 2.05. The SMILES string of the molecule is N[C@@H](CCCCNN1CCC=C(C=O)C1)C(=O)O. The van der Waals surface area contributed by atoms with Crippen LogP contribution >= 0.6 is 0 Å². The maximum Gasteiger partial charge on any atom is 0.320 e. The van der Waals surface area contributed by atoms with E-state index in [4.69, 9.17) is 10.8 Å². The van der Waals surface area contributed by atoms with Gasteiger partial charge in [0.05, 0.1) is 0 Å². The van der Waals surface area contributed by atoms with E-state index in [9.17, 15) is 9.59 Å². The lowest BCUT2D eigenvalue weighted by Gasteiger charge is -2.26. The summed E-state index contributed by atoms with van der Waals surface area (Å²) in [4.78, 5) is 21.1. The van der Waals surface area contributed by atoms with Crippen LogP contribution in [0.25, 0.3) is 0 Å². The highest BCUT2D eigenvalue weighted by Gasteiger charge is 2.12. The molecule has 0 fully saturated rings. The van der Waals surface area contributed by atoms with Crippen molar-refractivity contribution in [3.05, 3.63) is 11.6 Å². The molecule has 102 valence electrons. The normalized spacial score (nSPS) is 18.2. The number of hydrazine groups is 1. The van der Waals surface area contributed by atoms with Crippen molar-refractivity contribution in [2.45, 2.75) is 31.7 Å². The molecule has 0 spiro atoms. The number of carboxylic acid groups (broad SMARTS) is 1. The summed E-state index contributed by atoms with van der Waals surface area (Å²) in [5.74, 6) is -0.945. The lowest BCUT2D eigenvalue weighted by molar-refractivity contribution is -0.138. The van der Waals surface area contributed by atoms with Gasteiger partial charge in [0.1, 0.15) is 12.3 Å². The van der Waals surface area contributed by atoms with Crippen LogP contribution in [0.2, 0.25) is 0 Å². The second-order valence-electron chi connectivity index (χ2n) is 4.46. The number of hydrogen-bond donors (Lipinski definition) is 3. The number of hydrogen-bond acceptors (Lipinski definition) is 5. The van der Waals surface area contributed by atoms with Gasteiger partial charge in [-0.2, -0.15) is 0 Å². The number of carbonyl (C=O) groups is 2. The first kappa shape index (κ1) is 14.8. The number of nitrogens with two attached hydrogens (primary N) is 1. The van der Waals surface area contributed by atoms with E-state index in [1.165, 1.54) is 0 Å². The quantitative estimate of drug-likeness (QED) is 0.414. The van der Waals surface area contributed by atoms with Crippen molar-refractivity contribution in [1.29, 1.82) is 0 Å². The molecule has 0 saturated carbocycles. The summed E-state index contributed by atoms with van der Waals surface area (Å²) < 4.78 is 0. The molecule has 6 nitrogen and oxygen atoms in total. The molecule has 6 heteroatoms. The van der Waals surface area contributed by atoms with Gasteiger partial charge < -0.3 is 10.8 Å². The van der Waals surface area contributed by atoms with Crippen LogP contribution in [0, 0.1) is 0 Å². The highest BCUT2D eigenvalue weighted by atomic mass is 16.4. The molecule has 0 aliphatic carbocycles. The first-order valence-electron chi connectivity index (χ1n) is 6.24. The zero-order valence-electron chi connectivity index (χ0n) is 10.5. The molecule has 0 amide bonds. The second kappa shape index (κ2) is 7.97. The van der Waals surface area contributed by atoms with Crippen LogP contribution in [0.3, 0.4) is 0 Å². The van der Waals surface area contributed by atoms with Crippen LogP contribution in [0.4, 0.5) is 0 Å². The van der Waals surface area contributed by atoms with Crippen molar-refractivity contribution in [3.63, 3.8) is 0 Å². The molecule has 0 aromatic heterocycles. The summed E-state index contributed by atoms with van der Waals surface area (Å²) in [5, 5.41) is 10.6. The number of unbranched alkanes of at least 4 members (excludes halogenated alkanes) is 1. The highest BCUT2D eigenvalue weighted by molar-refractivity contribution is 5.74. The van der Waals surface area contributed by atoms with Crippen molar-refractivity contribution in [3.8, 4) is 0 Å². The molecule has 1 aliphatic rings. The summed E-state index contributed by atoms with van der Waals surface area (Å²) >= 11 is 0. The van der Waals surface area contributed by atoms with E-state index < -0.39 is 12.0 Å². The van der Waals surface area contributed by atoms with Crippen LogP contribution in [0.5, 0.6) is 0 Å². The van der Waals surface area contributed by atoms with E-state index in [2.05, 4.69) is 5.43 Å². The molecule has 4 N–H and O–H groups in total. The Morgan fingerprint density at radius 1 is 1.61 bits per heavy atom. The lowest BCUT2D eigenvalue weighted by atomic mass is 10.1. The monoisotopic (exact) mass is 255 g/mol. The number of carboxylic acids is 1. The summed E-state index contributed by atoms with van der Waals surface area (Å²) in [6.45, 7) is 2.31. The average molecular weight is 255 g/mol. The lowest BCUT2D eigenvalue weighted by Crippen LogP contribution is -2.42. The number of carbonyl (C=O) groups excluding carboxylic acids is 1. The molecular formula is C12H21N3O3. The second-order valence-corrected chi connectivity index (χ2v) is 4.46. The third-order valence-electron chi connectivity index (χ3n) is 2.92. The zero-order valence-corrected chi connectivity index (χ0v) is 10.5. The maximum atomic E-state index is 10.6. The fourth-order valence-electron chi connectivity index (χ4n) is 1.84. The van der Waals surface area contributed by atoms with Gasteiger partial charge in [-0.05, 0) is 25.7 Å². The third kappa shape index (κ3) is 5.39. The predicted octanol–water partition coefficient (Wildman–Crippen LogP) is -0.0958. The molecule has 0 aromatic rings. The Labute approximate surface area is 107 Å². The van der Waals surface area contributed by atoms with Crippen molar-refractivity contribution in [1.82, 2.24) is 10.4 Å². The molecule has 0 radical (unpaired) electrons. The largest absolute Gasteiger partial charge is 0.480 e. The Morgan fingerprint density at radius 3 is 3.06 bits per heavy atom. The van der Waals surface area contributed by atoms with Gasteiger partial charge >= 0.3 is 5.97 Å². The molecular weight excluding hydrogens is 234 g/mol. The van der Waals surface area contributed by atoms with E-state index >= 15 is 0 Å². The number of rotatable bonds is 8. The van der Waals surface area contributed by atoms with Crippen LogP contribution in [0.1, 0.15) is 25.7 Å². The van der Waals surface area contributed by atoms with E-state index in [0.29, 0.717) is 13.0 Å². The van der Waals surface area contributed by atoms with Gasteiger partial charge in [-0.1, -0.05) is 6.08 Å². The molecule has 18 heavy (non-hydrogen) atoms. The van der Waals surface area contributed by atoms with E-state index in [0.717, 1.165) is 44.2 Å². The minimum atomic E-state index is -0.945. The van der Waals surface area contributed by atoms with Gasteiger partial charge in [-0.15, -0.1) is 0 Å². The van der Waals surface area contributed by atoms with Crippen LogP contribution < -0.4 is 11.2 Å². The first-order chi connectivity index (χ1) is 8.63. The number of nitrogens with zero attached hydrogens (tertiary/aromatic N) is 1. The zero-order chi connectivity index (χ0) is 13.4. The van der Waals surface area contributed by atoms with E-state index in [-0.39, 0.29) is 0 Å². The van der Waals surface area contributed by atoms with Gasteiger partial charge in [0.25, 0.3) is 0 Å². The molecule has 0 saturated heterocycles. The van der Waals surface area contributed by atoms with Crippen molar-refractivity contribution >= 4 is 12.3 Å². The summed E-state index contributed by atoms with van der Waals surface area (Å²) in [7, 11) is 0. The predicted molar refractivity (Wildman–Crippen MR) is 67.8 cm³/mol. The van der Waals surface area contributed by atoms with Crippen molar-refractivity contribution in [2.24, 2.45) is 5.73 Å². The third-order valence-corrected chi connectivity index (χ3v) is 2.92. The molecule has 1 atom stereocenters. The fourth-order valence-corrected chi connectivity index (χ4v) is 1.84. The molecule has 0 unspecified atom stereocenters. The van der Waals surface area contributed by atoms with E-state index in [1.807, 2.05) is 11.1 Å². The number of aliphatic carboxylic acids is 1. The molecule has 0 bridgehead atoms. The molecule has 1 rings (SSSR count). The summed E-state index contributed by atoms with van der Waals surface area (Å²) in [6.07, 6.45) is 5.88. The minimum Gasteiger partial charge on any atom is -0.480 e. The van der Waals surface area contributed by atoms with Crippen molar-refractivity contribution < 1.29 is 14.7 Å². The maximum absolute atomic E-state index is 10.6. The van der Waals surface area contributed by atoms with Gasteiger partial charge in [-0.3, -0.25) is 15.0 Å². The average Bonchev–Trinajstić information content (AvgIpc) is 2.38. The van der Waals surface area contributed by atoms with Gasteiger partial charge in [0.15, 0.2) is 0 Å². The van der Waals surface area contributed by atoms with Crippen molar-refractivity contribution in [2.75, 3.05) is 19.6 Å². The minimum absolute atomic E-state index is 0.497. The molecule has 1 aliphatic heterocycles. The fraction of sp³-hybridized carbons (Fsp3) is 0.667. The smallest absolute Gasteiger partial charge is 0.320 e. The standard InChI is InChI=1S/C12H21N3O3/c13-11(12(17)18)5-1-2-6-14-15-7-3-4-10(8-15)9-16/h4,9,11,14H,1-3,5-8,13H2,(H,17,18)/t11-/m0/s1. The van der Waals surface area contributed by atoms with Gasteiger partial charge in [-0.25, -0.2) is 5.01 Å². The number of aldehydes is 1. The Morgan fingerprint density at radius 2 is 2.39 bits per heavy atom. The first-order valence-corrected chi connectivity index (χ1v) is 6.24. The Balaban J connectivity index is 2.06. The van der Waals surface area contributed by atoms with E-state index in [1.54, 1.807) is 0 Å². The molecule has 0 aromatic carbocycles. The topological polar surface area (TPSA) is 95.7 Å². The number of nitrogens with one attached hydrogen (secondary N) is 1. The summed E-state index contributed by atoms with van der Waals surface area (Å²) in [5.41, 5.74) is 9.44. The Hall–Kier alpha value is -1.24. The van der Waals surface area contributed by atoms with Gasteiger partial charge in [0.2, 0.25) is 0 Å². The summed E-state index contributed by atoms with van der Waals surface area (Å²) in [6, 6.07) is -0.760.